The van der Waals surface area contributed by atoms with Crippen molar-refractivity contribution in [2.24, 2.45) is 7.05 Å². The molecular weight excluding hydrogens is 270 g/mol. The molecule has 7 nitrogen and oxygen atoms in total. The minimum Gasteiger partial charge on any atom is -0.343 e. The third-order valence-electron chi connectivity index (χ3n) is 4.74. The summed E-state index contributed by atoms with van der Waals surface area (Å²) in [7, 11) is 1.71. The van der Waals surface area contributed by atoms with Gasteiger partial charge in [-0.1, -0.05) is 0 Å². The highest BCUT2D eigenvalue weighted by atomic mass is 16.2. The maximum atomic E-state index is 12.0. The van der Waals surface area contributed by atoms with Gasteiger partial charge in [0.05, 0.1) is 0 Å². The molecule has 2 aliphatic rings. The van der Waals surface area contributed by atoms with E-state index in [0.717, 1.165) is 57.8 Å². The zero-order chi connectivity index (χ0) is 15.0. The summed E-state index contributed by atoms with van der Waals surface area (Å²) in [5, 5.41) is 4.31. The van der Waals surface area contributed by atoms with Gasteiger partial charge in [-0.25, -0.2) is 9.48 Å². The van der Waals surface area contributed by atoms with Gasteiger partial charge in [0.2, 0.25) is 5.91 Å². The Hall–Kier alpha value is -1.63. The van der Waals surface area contributed by atoms with Crippen molar-refractivity contribution in [2.45, 2.75) is 38.8 Å². The fourth-order valence-corrected chi connectivity index (χ4v) is 3.46. The summed E-state index contributed by atoms with van der Waals surface area (Å²) in [6, 6.07) is 0.522. The maximum absolute atomic E-state index is 12.0. The van der Waals surface area contributed by atoms with Gasteiger partial charge in [0, 0.05) is 59.2 Å². The lowest BCUT2D eigenvalue weighted by Crippen LogP contribution is -2.47. The molecule has 1 aromatic rings. The number of carbonyl (C=O) groups excluding carboxylic acids is 1. The first-order chi connectivity index (χ1) is 10.1. The average Bonchev–Trinajstić information content (AvgIpc) is 2.65. The maximum Gasteiger partial charge on any atom is 0.345 e. The molecule has 3 rings (SSSR count). The predicted octanol–water partition coefficient (Wildman–Crippen LogP) is -0.549. The number of carbonyl (C=O) groups is 1. The van der Waals surface area contributed by atoms with Crippen LogP contribution in [0.3, 0.4) is 0 Å². The van der Waals surface area contributed by atoms with E-state index in [1.165, 1.54) is 4.68 Å². The molecule has 1 amide bonds. The van der Waals surface area contributed by atoms with Crippen LogP contribution >= 0.6 is 0 Å². The lowest BCUT2D eigenvalue weighted by Gasteiger charge is -2.37. The number of aryl methyl sites for hydroxylation is 1. The van der Waals surface area contributed by atoms with Gasteiger partial charge in [0.1, 0.15) is 5.82 Å². The van der Waals surface area contributed by atoms with Gasteiger partial charge in [0.15, 0.2) is 0 Å². The highest BCUT2D eigenvalue weighted by Crippen LogP contribution is 2.18. The average molecular weight is 293 g/mol. The second kappa shape index (κ2) is 5.63. The van der Waals surface area contributed by atoms with E-state index in [1.54, 1.807) is 18.5 Å². The second-order valence-corrected chi connectivity index (χ2v) is 6.00. The Kier molecular flexibility index (Phi) is 3.84. The Labute approximate surface area is 124 Å². The third kappa shape index (κ3) is 2.74. The van der Waals surface area contributed by atoms with Crippen LogP contribution in [0.1, 0.15) is 25.6 Å². The van der Waals surface area contributed by atoms with E-state index in [0.29, 0.717) is 6.04 Å². The summed E-state index contributed by atoms with van der Waals surface area (Å²) < 4.78 is 3.22. The van der Waals surface area contributed by atoms with Crippen molar-refractivity contribution in [3.05, 3.63) is 16.3 Å². The number of hydrogen-bond donors (Lipinski definition) is 0. The van der Waals surface area contributed by atoms with Gasteiger partial charge < -0.3 is 4.90 Å². The zero-order valence-corrected chi connectivity index (χ0v) is 12.8. The molecule has 3 heterocycles. The molecule has 21 heavy (non-hydrogen) atoms. The van der Waals surface area contributed by atoms with E-state index in [2.05, 4.69) is 10.00 Å². The minimum atomic E-state index is -0.0155. The number of hydrogen-bond acceptors (Lipinski definition) is 4. The molecule has 116 valence electrons. The molecule has 1 saturated heterocycles. The van der Waals surface area contributed by atoms with Gasteiger partial charge in [-0.3, -0.25) is 14.3 Å². The quantitative estimate of drug-likeness (QED) is 0.697. The van der Waals surface area contributed by atoms with Crippen LogP contribution < -0.4 is 5.69 Å². The molecule has 2 aliphatic heterocycles. The van der Waals surface area contributed by atoms with E-state index in [1.807, 2.05) is 4.90 Å². The molecule has 0 atom stereocenters. The molecule has 0 unspecified atom stereocenters. The first kappa shape index (κ1) is 14.3. The van der Waals surface area contributed by atoms with Crippen molar-refractivity contribution < 1.29 is 4.79 Å². The van der Waals surface area contributed by atoms with Crippen LogP contribution in [-0.4, -0.2) is 62.3 Å². The van der Waals surface area contributed by atoms with Crippen molar-refractivity contribution in [3.8, 4) is 0 Å². The summed E-state index contributed by atoms with van der Waals surface area (Å²) >= 11 is 0. The summed E-state index contributed by atoms with van der Waals surface area (Å²) in [5.74, 6) is 1.07. The highest BCUT2D eigenvalue weighted by molar-refractivity contribution is 5.73. The van der Waals surface area contributed by atoms with Crippen LogP contribution in [0.4, 0.5) is 0 Å². The topological polar surface area (TPSA) is 63.4 Å². The van der Waals surface area contributed by atoms with Gasteiger partial charge in [-0.05, 0) is 12.8 Å². The third-order valence-corrected chi connectivity index (χ3v) is 4.74. The van der Waals surface area contributed by atoms with E-state index in [-0.39, 0.29) is 11.6 Å². The number of nitrogens with zero attached hydrogens (tertiary/aromatic N) is 5. The molecule has 7 heteroatoms. The van der Waals surface area contributed by atoms with E-state index < -0.39 is 0 Å². The Morgan fingerprint density at radius 1 is 1.14 bits per heavy atom. The molecule has 0 bridgehead atoms. The van der Waals surface area contributed by atoms with E-state index in [4.69, 9.17) is 0 Å². The molecule has 0 N–H and O–H groups in total. The summed E-state index contributed by atoms with van der Waals surface area (Å²) in [6.45, 7) is 5.89. The van der Waals surface area contributed by atoms with Crippen LogP contribution in [0.25, 0.3) is 0 Å². The smallest absolute Gasteiger partial charge is 0.343 e. The Morgan fingerprint density at radius 2 is 1.86 bits per heavy atom. The minimum absolute atomic E-state index is 0.0155. The van der Waals surface area contributed by atoms with E-state index >= 15 is 0 Å². The van der Waals surface area contributed by atoms with Crippen molar-refractivity contribution in [1.82, 2.24) is 24.1 Å². The van der Waals surface area contributed by atoms with E-state index in [9.17, 15) is 9.59 Å². The molecule has 0 saturated carbocycles. The van der Waals surface area contributed by atoms with Crippen molar-refractivity contribution >= 4 is 5.91 Å². The largest absolute Gasteiger partial charge is 0.345 e. The molecule has 0 aliphatic carbocycles. The van der Waals surface area contributed by atoms with Gasteiger partial charge in [-0.2, -0.15) is 5.10 Å². The van der Waals surface area contributed by atoms with Crippen molar-refractivity contribution in [3.63, 3.8) is 0 Å². The van der Waals surface area contributed by atoms with Crippen molar-refractivity contribution in [1.29, 1.82) is 0 Å². The first-order valence-corrected chi connectivity index (χ1v) is 7.68. The van der Waals surface area contributed by atoms with Crippen LogP contribution in [0.2, 0.25) is 0 Å². The number of likely N-dealkylation sites (tertiary alicyclic amines) is 1. The Bertz CT molecular complexity index is 583. The first-order valence-electron chi connectivity index (χ1n) is 7.68. The Balaban J connectivity index is 1.63. The van der Waals surface area contributed by atoms with Gasteiger partial charge >= 0.3 is 5.69 Å². The van der Waals surface area contributed by atoms with Crippen LogP contribution in [0, 0.1) is 0 Å². The van der Waals surface area contributed by atoms with Crippen LogP contribution in [0.5, 0.6) is 0 Å². The zero-order valence-electron chi connectivity index (χ0n) is 12.8. The van der Waals surface area contributed by atoms with Gasteiger partial charge in [-0.15, -0.1) is 0 Å². The van der Waals surface area contributed by atoms with Crippen LogP contribution in [0.15, 0.2) is 4.79 Å². The molecule has 1 aromatic heterocycles. The fraction of sp³-hybridized carbons (Fsp3) is 0.786. The second-order valence-electron chi connectivity index (χ2n) is 6.00. The highest BCUT2D eigenvalue weighted by Gasteiger charge is 2.27. The summed E-state index contributed by atoms with van der Waals surface area (Å²) in [5.41, 5.74) is -0.0155. The number of amides is 1. The molecular formula is C14H23N5O2. The summed E-state index contributed by atoms with van der Waals surface area (Å²) in [6.07, 6.45) is 2.88. The number of piperidine rings is 1. The number of rotatable bonds is 1. The SMILES string of the molecule is CC(=O)N1CCC(N2CCc3nn(C)c(=O)n3CC2)CC1. The molecule has 1 fully saturated rings. The number of aromatic nitrogens is 3. The Morgan fingerprint density at radius 3 is 2.52 bits per heavy atom. The molecule has 0 radical (unpaired) electrons. The summed E-state index contributed by atoms with van der Waals surface area (Å²) in [4.78, 5) is 27.7. The predicted molar refractivity (Wildman–Crippen MR) is 78.0 cm³/mol. The number of fused-ring (bicyclic) bond motifs is 1. The lowest BCUT2D eigenvalue weighted by atomic mass is 10.0. The molecule has 0 spiro atoms. The van der Waals surface area contributed by atoms with Crippen LogP contribution in [-0.2, 0) is 24.8 Å². The standard InChI is InChI=1S/C14H23N5O2/c1-11(20)17-6-3-12(4-7-17)18-8-5-13-15-16(2)14(21)19(13)10-9-18/h12H,3-10H2,1-2H3. The normalized spacial score (nSPS) is 21.1. The van der Waals surface area contributed by atoms with Gasteiger partial charge in [0.25, 0.3) is 0 Å². The van der Waals surface area contributed by atoms with Crippen molar-refractivity contribution in [2.75, 3.05) is 26.2 Å². The molecule has 0 aromatic carbocycles. The lowest BCUT2D eigenvalue weighted by molar-refractivity contribution is -0.130. The monoisotopic (exact) mass is 293 g/mol. The fourth-order valence-electron chi connectivity index (χ4n) is 3.46.